The molecule has 0 aromatic rings. The molecule has 94 valence electrons. The third kappa shape index (κ3) is 1.96. The molecule has 0 radical (unpaired) electrons. The van der Waals surface area contributed by atoms with E-state index in [1.54, 1.807) is 0 Å². The topological polar surface area (TPSA) is 0 Å². The minimum absolute atomic E-state index is 0.455. The van der Waals surface area contributed by atoms with E-state index in [-0.39, 0.29) is 0 Å². The van der Waals surface area contributed by atoms with Crippen LogP contribution in [0.1, 0.15) is 67.2 Å². The summed E-state index contributed by atoms with van der Waals surface area (Å²) in [7, 11) is 0. The Bertz CT molecular complexity index is 253. The molecule has 4 atom stereocenters. The van der Waals surface area contributed by atoms with E-state index in [9.17, 15) is 0 Å². The molecule has 0 bridgehead atoms. The van der Waals surface area contributed by atoms with Gasteiger partial charge in [0.05, 0.1) is 0 Å². The summed E-state index contributed by atoms with van der Waals surface area (Å²) in [4.78, 5) is 0. The fourth-order valence-corrected chi connectivity index (χ4v) is 3.63. The van der Waals surface area contributed by atoms with Crippen LogP contribution in [-0.4, -0.2) is 0 Å². The Labute approximate surface area is 103 Å². The number of rotatable bonds is 6. The van der Waals surface area contributed by atoms with Gasteiger partial charge in [0.1, 0.15) is 0 Å². The largest absolute Gasteiger partial charge is 0.0880 e. The summed E-state index contributed by atoms with van der Waals surface area (Å²) in [5, 5.41) is 0. The fraction of sp³-hybridized carbons (Fsp3) is 0.875. The van der Waals surface area contributed by atoms with Crippen LogP contribution in [0.25, 0.3) is 0 Å². The molecule has 0 aliphatic heterocycles. The van der Waals surface area contributed by atoms with Gasteiger partial charge in [-0.3, -0.25) is 0 Å². The molecule has 0 nitrogen and oxygen atoms in total. The Morgan fingerprint density at radius 1 is 1.19 bits per heavy atom. The van der Waals surface area contributed by atoms with Crippen molar-refractivity contribution in [1.82, 2.24) is 0 Å². The van der Waals surface area contributed by atoms with Gasteiger partial charge in [-0.1, -0.05) is 73.0 Å². The first kappa shape index (κ1) is 13.8. The van der Waals surface area contributed by atoms with E-state index < -0.39 is 0 Å². The third-order valence-corrected chi connectivity index (χ3v) is 5.54. The van der Waals surface area contributed by atoms with Crippen molar-refractivity contribution < 1.29 is 0 Å². The Morgan fingerprint density at radius 3 is 2.31 bits per heavy atom. The van der Waals surface area contributed by atoms with Gasteiger partial charge in [-0.2, -0.15) is 0 Å². The number of allylic oxidation sites excluding steroid dienone is 2. The maximum absolute atomic E-state index is 2.51. The molecule has 1 rings (SSSR count). The predicted octanol–water partition coefficient (Wildman–Crippen LogP) is 5.44. The van der Waals surface area contributed by atoms with Gasteiger partial charge in [0.2, 0.25) is 0 Å². The average molecular weight is 222 g/mol. The molecule has 0 amide bonds. The molecule has 16 heavy (non-hydrogen) atoms. The Hall–Kier alpha value is -0.260. The first-order valence-corrected chi connectivity index (χ1v) is 7.12. The van der Waals surface area contributed by atoms with E-state index in [0.717, 1.165) is 11.8 Å². The molecule has 0 heteroatoms. The van der Waals surface area contributed by atoms with Gasteiger partial charge >= 0.3 is 0 Å². The summed E-state index contributed by atoms with van der Waals surface area (Å²) < 4.78 is 0. The first-order valence-electron chi connectivity index (χ1n) is 7.12. The standard InChI is InChI=1S/C16H30/c1-7-9-10-12-15(5)14(4)16(15,6)13(3)11-8-2/h10,12-14H,7-9,11H2,1-6H3. The lowest BCUT2D eigenvalue weighted by Gasteiger charge is -2.23. The smallest absolute Gasteiger partial charge is 0.00562 e. The van der Waals surface area contributed by atoms with Gasteiger partial charge in [0, 0.05) is 0 Å². The lowest BCUT2D eigenvalue weighted by molar-refractivity contribution is 0.278. The molecule has 0 heterocycles. The van der Waals surface area contributed by atoms with Gasteiger partial charge in [-0.05, 0) is 29.1 Å². The van der Waals surface area contributed by atoms with Crippen molar-refractivity contribution >= 4 is 0 Å². The summed E-state index contributed by atoms with van der Waals surface area (Å²) in [6, 6.07) is 0. The molecule has 0 aromatic heterocycles. The van der Waals surface area contributed by atoms with E-state index in [0.29, 0.717) is 10.8 Å². The van der Waals surface area contributed by atoms with Crippen molar-refractivity contribution in [2.75, 3.05) is 0 Å². The van der Waals surface area contributed by atoms with Gasteiger partial charge in [0.15, 0.2) is 0 Å². The zero-order valence-corrected chi connectivity index (χ0v) is 12.1. The molecule has 4 unspecified atom stereocenters. The van der Waals surface area contributed by atoms with Crippen LogP contribution in [0.15, 0.2) is 12.2 Å². The van der Waals surface area contributed by atoms with E-state index in [2.05, 4.69) is 53.7 Å². The summed E-state index contributed by atoms with van der Waals surface area (Å²) in [5.74, 6) is 1.69. The highest BCUT2D eigenvalue weighted by atomic mass is 14.7. The minimum atomic E-state index is 0.455. The zero-order chi connectivity index (χ0) is 12.4. The van der Waals surface area contributed by atoms with Crippen LogP contribution in [0.4, 0.5) is 0 Å². The molecule has 0 N–H and O–H groups in total. The average Bonchev–Trinajstić information content (AvgIpc) is 2.67. The van der Waals surface area contributed by atoms with E-state index >= 15 is 0 Å². The molecule has 0 aromatic carbocycles. The highest BCUT2D eigenvalue weighted by Gasteiger charge is 2.68. The lowest BCUT2D eigenvalue weighted by atomic mass is 9.81. The quantitative estimate of drug-likeness (QED) is 0.525. The number of unbranched alkanes of at least 4 members (excludes halogenated alkanes) is 1. The summed E-state index contributed by atoms with van der Waals surface area (Å²) in [5.41, 5.74) is 0.990. The lowest BCUT2D eigenvalue weighted by Crippen LogP contribution is -2.15. The molecule has 1 fully saturated rings. The second-order valence-corrected chi connectivity index (χ2v) is 6.17. The third-order valence-electron chi connectivity index (χ3n) is 5.54. The molecular formula is C16H30. The molecular weight excluding hydrogens is 192 g/mol. The van der Waals surface area contributed by atoms with Crippen molar-refractivity contribution in [2.45, 2.75) is 67.2 Å². The number of hydrogen-bond donors (Lipinski definition) is 0. The Morgan fingerprint density at radius 2 is 1.81 bits per heavy atom. The van der Waals surface area contributed by atoms with Gasteiger partial charge in [-0.25, -0.2) is 0 Å². The molecule has 0 spiro atoms. The van der Waals surface area contributed by atoms with Gasteiger partial charge < -0.3 is 0 Å². The molecule has 1 aliphatic carbocycles. The van der Waals surface area contributed by atoms with E-state index in [1.807, 2.05) is 0 Å². The molecule has 1 saturated carbocycles. The van der Waals surface area contributed by atoms with Crippen molar-refractivity contribution in [3.63, 3.8) is 0 Å². The number of hydrogen-bond acceptors (Lipinski definition) is 0. The first-order chi connectivity index (χ1) is 7.45. The van der Waals surface area contributed by atoms with Crippen LogP contribution in [-0.2, 0) is 0 Å². The van der Waals surface area contributed by atoms with Crippen molar-refractivity contribution in [1.29, 1.82) is 0 Å². The fourth-order valence-electron chi connectivity index (χ4n) is 3.63. The van der Waals surface area contributed by atoms with Gasteiger partial charge in [-0.15, -0.1) is 0 Å². The second kappa shape index (κ2) is 4.94. The highest BCUT2D eigenvalue weighted by molar-refractivity contribution is 5.25. The maximum atomic E-state index is 2.51. The minimum Gasteiger partial charge on any atom is -0.0880 e. The van der Waals surface area contributed by atoms with Crippen LogP contribution in [0, 0.1) is 22.7 Å². The van der Waals surface area contributed by atoms with Crippen LogP contribution >= 0.6 is 0 Å². The molecule has 1 aliphatic rings. The summed E-state index contributed by atoms with van der Waals surface area (Å²) in [6.45, 7) is 14.4. The van der Waals surface area contributed by atoms with Crippen LogP contribution in [0.5, 0.6) is 0 Å². The second-order valence-electron chi connectivity index (χ2n) is 6.17. The van der Waals surface area contributed by atoms with Crippen molar-refractivity contribution in [2.24, 2.45) is 22.7 Å². The van der Waals surface area contributed by atoms with Crippen LogP contribution in [0.3, 0.4) is 0 Å². The highest BCUT2D eigenvalue weighted by Crippen LogP contribution is 2.73. The zero-order valence-electron chi connectivity index (χ0n) is 12.1. The predicted molar refractivity (Wildman–Crippen MR) is 73.5 cm³/mol. The van der Waals surface area contributed by atoms with Gasteiger partial charge in [0.25, 0.3) is 0 Å². The monoisotopic (exact) mass is 222 g/mol. The van der Waals surface area contributed by atoms with Crippen LogP contribution in [0.2, 0.25) is 0 Å². The molecule has 0 saturated heterocycles. The Balaban J connectivity index is 2.70. The van der Waals surface area contributed by atoms with E-state index in [4.69, 9.17) is 0 Å². The van der Waals surface area contributed by atoms with Crippen LogP contribution < -0.4 is 0 Å². The summed E-state index contributed by atoms with van der Waals surface area (Å²) in [6.07, 6.45) is 10.1. The maximum Gasteiger partial charge on any atom is -0.00562 e. The summed E-state index contributed by atoms with van der Waals surface area (Å²) >= 11 is 0. The SMILES string of the molecule is CCCC=CC1(C)C(C)C1(C)C(C)CCC. The van der Waals surface area contributed by atoms with Crippen molar-refractivity contribution in [3.8, 4) is 0 Å². The Kier molecular flexibility index (Phi) is 4.26. The van der Waals surface area contributed by atoms with Crippen molar-refractivity contribution in [3.05, 3.63) is 12.2 Å². The van der Waals surface area contributed by atoms with E-state index in [1.165, 1.54) is 25.7 Å². The normalized spacial score (nSPS) is 40.2.